The van der Waals surface area contributed by atoms with Crippen molar-refractivity contribution < 1.29 is 18.7 Å². The number of hydrogen-bond acceptors (Lipinski definition) is 4. The SMILES string of the molecule is CCOC1CC(N)(C(=O)NCCCNC(=O)c2cccc(F)c2)C1(C)C.Cl. The molecule has 1 aromatic rings. The zero-order valence-corrected chi connectivity index (χ0v) is 16.8. The zero-order valence-electron chi connectivity index (χ0n) is 16.0. The van der Waals surface area contributed by atoms with Crippen LogP contribution in [0.1, 0.15) is 44.0 Å². The van der Waals surface area contributed by atoms with E-state index < -0.39 is 16.8 Å². The molecule has 8 heteroatoms. The Morgan fingerprint density at radius 3 is 2.56 bits per heavy atom. The summed E-state index contributed by atoms with van der Waals surface area (Å²) in [5.41, 5.74) is 5.19. The average molecular weight is 402 g/mol. The standard InChI is InChI=1S/C19H28FN3O3.ClH/c1-4-26-15-12-19(21,18(15,2)3)17(25)23-10-6-9-22-16(24)13-7-5-8-14(20)11-13;/h5,7-8,11,15H,4,6,9-10,12,21H2,1-3H3,(H,22,24)(H,23,25);1H. The highest BCUT2D eigenvalue weighted by Gasteiger charge is 2.62. The molecule has 27 heavy (non-hydrogen) atoms. The number of amides is 2. The van der Waals surface area contributed by atoms with Gasteiger partial charge in [0.05, 0.1) is 6.10 Å². The Kier molecular flexibility index (Phi) is 8.20. The molecule has 1 aliphatic carbocycles. The molecule has 2 amide bonds. The Morgan fingerprint density at radius 1 is 1.30 bits per heavy atom. The number of halogens is 2. The molecule has 6 nitrogen and oxygen atoms in total. The van der Waals surface area contributed by atoms with Gasteiger partial charge in [0.15, 0.2) is 0 Å². The normalized spacial score (nSPS) is 22.9. The van der Waals surface area contributed by atoms with Crippen LogP contribution in [0, 0.1) is 11.2 Å². The molecule has 2 atom stereocenters. The Morgan fingerprint density at radius 2 is 1.96 bits per heavy atom. The molecule has 1 aromatic carbocycles. The minimum absolute atomic E-state index is 0. The van der Waals surface area contributed by atoms with Gasteiger partial charge in [0.2, 0.25) is 5.91 Å². The molecule has 1 saturated carbocycles. The van der Waals surface area contributed by atoms with Crippen LogP contribution in [0.4, 0.5) is 4.39 Å². The zero-order chi connectivity index (χ0) is 19.4. The average Bonchev–Trinajstić information content (AvgIpc) is 2.60. The number of nitrogens with one attached hydrogen (secondary N) is 2. The second kappa shape index (κ2) is 9.48. The van der Waals surface area contributed by atoms with E-state index in [1.807, 2.05) is 20.8 Å². The fourth-order valence-corrected chi connectivity index (χ4v) is 3.20. The van der Waals surface area contributed by atoms with Gasteiger partial charge in [-0.1, -0.05) is 19.9 Å². The van der Waals surface area contributed by atoms with Crippen molar-refractivity contribution >= 4 is 24.2 Å². The largest absolute Gasteiger partial charge is 0.378 e. The van der Waals surface area contributed by atoms with Gasteiger partial charge >= 0.3 is 0 Å². The van der Waals surface area contributed by atoms with Gasteiger partial charge in [0.25, 0.3) is 5.91 Å². The summed E-state index contributed by atoms with van der Waals surface area (Å²) in [5, 5.41) is 5.53. The van der Waals surface area contributed by atoms with E-state index in [0.29, 0.717) is 32.5 Å². The third-order valence-corrected chi connectivity index (χ3v) is 5.25. The monoisotopic (exact) mass is 401 g/mol. The molecule has 4 N–H and O–H groups in total. The maximum atomic E-state index is 13.1. The number of hydrogen-bond donors (Lipinski definition) is 3. The van der Waals surface area contributed by atoms with E-state index >= 15 is 0 Å². The predicted octanol–water partition coefficient (Wildman–Crippen LogP) is 2.02. The van der Waals surface area contributed by atoms with Crippen molar-refractivity contribution in [2.24, 2.45) is 11.1 Å². The van der Waals surface area contributed by atoms with Crippen LogP contribution in [-0.4, -0.2) is 43.2 Å². The van der Waals surface area contributed by atoms with E-state index in [1.165, 1.54) is 18.2 Å². The molecular weight excluding hydrogens is 373 g/mol. The highest BCUT2D eigenvalue weighted by Crippen LogP contribution is 2.49. The Hall–Kier alpha value is -1.70. The molecule has 1 aliphatic rings. The number of benzene rings is 1. The number of rotatable bonds is 8. The van der Waals surface area contributed by atoms with Crippen molar-refractivity contribution in [3.63, 3.8) is 0 Å². The first-order valence-corrected chi connectivity index (χ1v) is 8.95. The van der Waals surface area contributed by atoms with Crippen molar-refractivity contribution in [2.45, 2.75) is 45.3 Å². The molecule has 2 unspecified atom stereocenters. The summed E-state index contributed by atoms with van der Waals surface area (Å²) >= 11 is 0. The molecule has 0 aromatic heterocycles. The molecule has 0 radical (unpaired) electrons. The van der Waals surface area contributed by atoms with E-state index in [4.69, 9.17) is 10.5 Å². The van der Waals surface area contributed by atoms with E-state index in [2.05, 4.69) is 10.6 Å². The van der Waals surface area contributed by atoms with Gasteiger partial charge < -0.3 is 21.1 Å². The van der Waals surface area contributed by atoms with Crippen molar-refractivity contribution in [3.05, 3.63) is 35.6 Å². The number of carbonyl (C=O) groups is 2. The van der Waals surface area contributed by atoms with Gasteiger partial charge in [-0.15, -0.1) is 12.4 Å². The number of carbonyl (C=O) groups excluding carboxylic acids is 2. The van der Waals surface area contributed by atoms with Gasteiger partial charge in [0, 0.05) is 37.1 Å². The Bertz CT molecular complexity index is 671. The molecule has 2 rings (SSSR count). The second-order valence-corrected chi connectivity index (χ2v) is 7.22. The van der Waals surface area contributed by atoms with Crippen LogP contribution in [0.5, 0.6) is 0 Å². The van der Waals surface area contributed by atoms with Gasteiger partial charge in [-0.3, -0.25) is 9.59 Å². The maximum absolute atomic E-state index is 13.1. The van der Waals surface area contributed by atoms with E-state index in [-0.39, 0.29) is 35.9 Å². The minimum Gasteiger partial charge on any atom is -0.378 e. The quantitative estimate of drug-likeness (QED) is 0.581. The van der Waals surface area contributed by atoms with Gasteiger partial charge in [-0.05, 0) is 31.5 Å². The van der Waals surface area contributed by atoms with Gasteiger partial charge in [0.1, 0.15) is 11.4 Å². The highest BCUT2D eigenvalue weighted by molar-refractivity contribution is 5.94. The summed E-state index contributed by atoms with van der Waals surface area (Å²) in [6.45, 7) is 7.17. The summed E-state index contributed by atoms with van der Waals surface area (Å²) in [7, 11) is 0. The Labute approximate surface area is 165 Å². The minimum atomic E-state index is -0.947. The first kappa shape index (κ1) is 23.3. The lowest BCUT2D eigenvalue weighted by Crippen LogP contribution is -2.75. The van der Waals surface area contributed by atoms with Crippen LogP contribution in [0.25, 0.3) is 0 Å². The lowest BCUT2D eigenvalue weighted by Gasteiger charge is -2.57. The van der Waals surface area contributed by atoms with Crippen LogP contribution in [0.3, 0.4) is 0 Å². The third kappa shape index (κ3) is 4.97. The molecular formula is C19H29ClFN3O3. The van der Waals surface area contributed by atoms with E-state index in [9.17, 15) is 14.0 Å². The smallest absolute Gasteiger partial charge is 0.251 e. The van der Waals surface area contributed by atoms with Crippen molar-refractivity contribution in [1.82, 2.24) is 10.6 Å². The van der Waals surface area contributed by atoms with E-state index in [0.717, 1.165) is 0 Å². The molecule has 0 spiro atoms. The van der Waals surface area contributed by atoms with Crippen molar-refractivity contribution in [3.8, 4) is 0 Å². The van der Waals surface area contributed by atoms with E-state index in [1.54, 1.807) is 6.07 Å². The van der Waals surface area contributed by atoms with Crippen LogP contribution in [0.15, 0.2) is 24.3 Å². The fraction of sp³-hybridized carbons (Fsp3) is 0.579. The van der Waals surface area contributed by atoms with Crippen molar-refractivity contribution in [2.75, 3.05) is 19.7 Å². The van der Waals surface area contributed by atoms with Crippen LogP contribution >= 0.6 is 12.4 Å². The van der Waals surface area contributed by atoms with Gasteiger partial charge in [-0.25, -0.2) is 4.39 Å². The van der Waals surface area contributed by atoms with Crippen molar-refractivity contribution in [1.29, 1.82) is 0 Å². The fourth-order valence-electron chi connectivity index (χ4n) is 3.20. The summed E-state index contributed by atoms with van der Waals surface area (Å²) < 4.78 is 18.7. The maximum Gasteiger partial charge on any atom is 0.251 e. The number of ether oxygens (including phenoxy) is 1. The summed E-state index contributed by atoms with van der Waals surface area (Å²) in [4.78, 5) is 24.3. The summed E-state index contributed by atoms with van der Waals surface area (Å²) in [5.74, 6) is -0.993. The molecule has 1 fully saturated rings. The van der Waals surface area contributed by atoms with Crippen LogP contribution in [-0.2, 0) is 9.53 Å². The molecule has 152 valence electrons. The van der Waals surface area contributed by atoms with Crippen LogP contribution < -0.4 is 16.4 Å². The lowest BCUT2D eigenvalue weighted by molar-refractivity contribution is -0.170. The first-order chi connectivity index (χ1) is 12.2. The Balaban J connectivity index is 0.00000364. The highest BCUT2D eigenvalue weighted by atomic mass is 35.5. The molecule has 0 bridgehead atoms. The first-order valence-electron chi connectivity index (χ1n) is 8.95. The van der Waals surface area contributed by atoms with Crippen LogP contribution in [0.2, 0.25) is 0 Å². The number of nitrogens with two attached hydrogens (primary N) is 1. The molecule has 0 heterocycles. The lowest BCUT2D eigenvalue weighted by atomic mass is 9.54. The predicted molar refractivity (Wildman–Crippen MR) is 104 cm³/mol. The topological polar surface area (TPSA) is 93.4 Å². The summed E-state index contributed by atoms with van der Waals surface area (Å²) in [6.07, 6.45) is 1.03. The summed E-state index contributed by atoms with van der Waals surface area (Å²) in [6, 6.07) is 5.50. The van der Waals surface area contributed by atoms with Gasteiger partial charge in [-0.2, -0.15) is 0 Å². The molecule has 0 saturated heterocycles. The molecule has 0 aliphatic heterocycles. The second-order valence-electron chi connectivity index (χ2n) is 7.22. The third-order valence-electron chi connectivity index (χ3n) is 5.25.